The summed E-state index contributed by atoms with van der Waals surface area (Å²) in [6.07, 6.45) is 1.66. The van der Waals surface area contributed by atoms with Gasteiger partial charge in [-0.2, -0.15) is 0 Å². The SMILES string of the molecule is COc1ccc(/C=C2\SC(=S)N(CCC(=O)NCCC(=O)O)C2=O)cc1. The highest BCUT2D eigenvalue weighted by Gasteiger charge is 2.32. The molecule has 0 bridgehead atoms. The van der Waals surface area contributed by atoms with Crippen molar-refractivity contribution in [1.82, 2.24) is 10.2 Å². The number of nitrogens with zero attached hydrogens (tertiary/aromatic N) is 1. The number of thioether (sulfide) groups is 1. The molecule has 1 aliphatic heterocycles. The molecule has 0 radical (unpaired) electrons. The number of aliphatic carboxylic acids is 1. The first-order valence-electron chi connectivity index (χ1n) is 7.78. The van der Waals surface area contributed by atoms with E-state index in [0.717, 1.165) is 11.3 Å². The summed E-state index contributed by atoms with van der Waals surface area (Å²) in [7, 11) is 1.58. The lowest BCUT2D eigenvalue weighted by molar-refractivity contribution is -0.136. The summed E-state index contributed by atoms with van der Waals surface area (Å²) in [6.45, 7) is 0.216. The molecule has 7 nitrogen and oxygen atoms in total. The predicted octanol–water partition coefficient (Wildman–Crippen LogP) is 1.88. The molecule has 1 fully saturated rings. The Morgan fingerprint density at radius 3 is 2.62 bits per heavy atom. The first-order valence-corrected chi connectivity index (χ1v) is 9.01. The van der Waals surface area contributed by atoms with Gasteiger partial charge in [0.05, 0.1) is 18.4 Å². The molecule has 9 heteroatoms. The number of methoxy groups -OCH3 is 1. The quantitative estimate of drug-likeness (QED) is 0.513. The van der Waals surface area contributed by atoms with Gasteiger partial charge in [0.1, 0.15) is 10.1 Å². The lowest BCUT2D eigenvalue weighted by Gasteiger charge is -2.13. The monoisotopic (exact) mass is 394 g/mol. The number of carbonyl (C=O) groups excluding carboxylic acids is 2. The highest BCUT2D eigenvalue weighted by Crippen LogP contribution is 2.32. The second-order valence-electron chi connectivity index (χ2n) is 5.35. The van der Waals surface area contributed by atoms with Crippen molar-refractivity contribution >= 4 is 52.2 Å². The van der Waals surface area contributed by atoms with E-state index < -0.39 is 5.97 Å². The fourth-order valence-electron chi connectivity index (χ4n) is 2.15. The van der Waals surface area contributed by atoms with E-state index in [2.05, 4.69) is 5.32 Å². The van der Waals surface area contributed by atoms with Crippen molar-refractivity contribution in [3.63, 3.8) is 0 Å². The van der Waals surface area contributed by atoms with E-state index in [1.165, 1.54) is 16.7 Å². The minimum absolute atomic E-state index is 0.0574. The van der Waals surface area contributed by atoms with Gasteiger partial charge in [-0.3, -0.25) is 19.3 Å². The Kier molecular flexibility index (Phi) is 7.16. The molecule has 1 aliphatic rings. The maximum atomic E-state index is 12.5. The molecular formula is C17H18N2O5S2. The molecule has 0 aromatic heterocycles. The molecule has 1 aromatic rings. The minimum Gasteiger partial charge on any atom is -0.497 e. The van der Waals surface area contributed by atoms with Crippen molar-refractivity contribution in [3.8, 4) is 5.75 Å². The zero-order valence-corrected chi connectivity index (χ0v) is 15.7. The Hall–Kier alpha value is -2.39. The first-order chi connectivity index (χ1) is 12.4. The maximum Gasteiger partial charge on any atom is 0.305 e. The van der Waals surface area contributed by atoms with Crippen molar-refractivity contribution in [1.29, 1.82) is 0 Å². The molecule has 2 amide bonds. The number of nitrogens with one attached hydrogen (secondary N) is 1. The molecule has 0 spiro atoms. The van der Waals surface area contributed by atoms with Crippen LogP contribution in [-0.4, -0.2) is 52.3 Å². The molecule has 1 saturated heterocycles. The Morgan fingerprint density at radius 1 is 1.31 bits per heavy atom. The third-order valence-electron chi connectivity index (χ3n) is 3.51. The van der Waals surface area contributed by atoms with Gasteiger partial charge >= 0.3 is 5.97 Å². The van der Waals surface area contributed by atoms with Crippen LogP contribution in [0, 0.1) is 0 Å². The number of carbonyl (C=O) groups is 3. The predicted molar refractivity (Wildman–Crippen MR) is 103 cm³/mol. The van der Waals surface area contributed by atoms with Crippen LogP contribution in [-0.2, 0) is 14.4 Å². The molecule has 0 aliphatic carbocycles. The number of benzene rings is 1. The lowest BCUT2D eigenvalue weighted by atomic mass is 10.2. The van der Waals surface area contributed by atoms with Gasteiger partial charge in [0.25, 0.3) is 5.91 Å². The van der Waals surface area contributed by atoms with E-state index >= 15 is 0 Å². The molecule has 1 heterocycles. The van der Waals surface area contributed by atoms with Crippen molar-refractivity contribution in [2.45, 2.75) is 12.8 Å². The molecule has 2 rings (SSSR count). The largest absolute Gasteiger partial charge is 0.497 e. The summed E-state index contributed by atoms with van der Waals surface area (Å²) in [5.41, 5.74) is 0.845. The van der Waals surface area contributed by atoms with Gasteiger partial charge in [-0.15, -0.1) is 0 Å². The fraction of sp³-hybridized carbons (Fsp3) is 0.294. The number of amides is 2. The van der Waals surface area contributed by atoms with Gasteiger partial charge in [-0.25, -0.2) is 0 Å². The lowest BCUT2D eigenvalue weighted by Crippen LogP contribution is -2.34. The Bertz CT molecular complexity index is 746. The van der Waals surface area contributed by atoms with E-state index in [9.17, 15) is 14.4 Å². The molecule has 138 valence electrons. The molecule has 26 heavy (non-hydrogen) atoms. The van der Waals surface area contributed by atoms with Crippen molar-refractivity contribution in [2.24, 2.45) is 0 Å². The maximum absolute atomic E-state index is 12.5. The first kappa shape index (κ1) is 19.9. The molecule has 0 atom stereocenters. The van der Waals surface area contributed by atoms with Gasteiger partial charge in [-0.1, -0.05) is 36.1 Å². The van der Waals surface area contributed by atoms with Crippen LogP contribution >= 0.6 is 24.0 Å². The molecule has 1 aromatic carbocycles. The molecule has 0 unspecified atom stereocenters. The normalized spacial score (nSPS) is 15.4. The zero-order valence-electron chi connectivity index (χ0n) is 14.1. The van der Waals surface area contributed by atoms with Crippen LogP contribution in [0.5, 0.6) is 5.75 Å². The van der Waals surface area contributed by atoms with Gasteiger partial charge in [0, 0.05) is 19.5 Å². The summed E-state index contributed by atoms with van der Waals surface area (Å²) >= 11 is 6.41. The number of thiocarbonyl (C=S) groups is 1. The van der Waals surface area contributed by atoms with Crippen molar-refractivity contribution < 1.29 is 24.2 Å². The van der Waals surface area contributed by atoms with Crippen LogP contribution in [0.4, 0.5) is 0 Å². The Morgan fingerprint density at radius 2 is 2.00 bits per heavy atom. The Balaban J connectivity index is 1.92. The van der Waals surface area contributed by atoms with E-state index in [1.54, 1.807) is 25.3 Å². The second kappa shape index (κ2) is 9.35. The van der Waals surface area contributed by atoms with Crippen LogP contribution in [0.2, 0.25) is 0 Å². The zero-order chi connectivity index (χ0) is 19.1. The van der Waals surface area contributed by atoms with Crippen LogP contribution in [0.1, 0.15) is 18.4 Å². The van der Waals surface area contributed by atoms with E-state index in [1.807, 2.05) is 12.1 Å². The summed E-state index contributed by atoms with van der Waals surface area (Å²) in [5, 5.41) is 11.0. The number of hydrogen-bond acceptors (Lipinski definition) is 6. The number of rotatable bonds is 8. The number of carboxylic acids is 1. The van der Waals surface area contributed by atoms with Gasteiger partial charge in [0.2, 0.25) is 5.91 Å². The van der Waals surface area contributed by atoms with Crippen LogP contribution in [0.15, 0.2) is 29.2 Å². The average molecular weight is 394 g/mol. The van der Waals surface area contributed by atoms with Crippen molar-refractivity contribution in [2.75, 3.05) is 20.2 Å². The highest BCUT2D eigenvalue weighted by atomic mass is 32.2. The summed E-state index contributed by atoms with van der Waals surface area (Å²) in [4.78, 5) is 36.5. The minimum atomic E-state index is -0.981. The fourth-order valence-corrected chi connectivity index (χ4v) is 3.46. The topological polar surface area (TPSA) is 95.9 Å². The Labute approximate surface area is 160 Å². The van der Waals surface area contributed by atoms with Crippen molar-refractivity contribution in [3.05, 3.63) is 34.7 Å². The molecule has 2 N–H and O–H groups in total. The molecule has 0 saturated carbocycles. The summed E-state index contributed by atoms with van der Waals surface area (Å²) in [6, 6.07) is 7.27. The smallest absolute Gasteiger partial charge is 0.305 e. The number of carboxylic acid groups (broad SMARTS) is 1. The summed E-state index contributed by atoms with van der Waals surface area (Å²) in [5.74, 6) is -0.817. The highest BCUT2D eigenvalue weighted by molar-refractivity contribution is 8.26. The summed E-state index contributed by atoms with van der Waals surface area (Å²) < 4.78 is 5.49. The van der Waals surface area contributed by atoms with Crippen LogP contribution in [0.3, 0.4) is 0 Å². The molecular weight excluding hydrogens is 376 g/mol. The third-order valence-corrected chi connectivity index (χ3v) is 4.89. The van der Waals surface area contributed by atoms with Gasteiger partial charge in [0.15, 0.2) is 0 Å². The van der Waals surface area contributed by atoms with E-state index in [4.69, 9.17) is 22.1 Å². The third kappa shape index (κ3) is 5.57. The van der Waals surface area contributed by atoms with Crippen LogP contribution < -0.4 is 10.1 Å². The number of ether oxygens (including phenoxy) is 1. The number of hydrogen-bond donors (Lipinski definition) is 2. The average Bonchev–Trinajstić information content (AvgIpc) is 2.87. The van der Waals surface area contributed by atoms with Gasteiger partial charge < -0.3 is 15.2 Å². The standard InChI is InChI=1S/C17H18N2O5S2/c1-24-12-4-2-11(3-5-12)10-13-16(23)19(17(25)26-13)9-7-14(20)18-8-6-15(21)22/h2-5,10H,6-9H2,1H3,(H,18,20)(H,21,22)/b13-10-. The van der Waals surface area contributed by atoms with Crippen LogP contribution in [0.25, 0.3) is 6.08 Å². The van der Waals surface area contributed by atoms with Gasteiger partial charge in [-0.05, 0) is 23.8 Å². The second-order valence-corrected chi connectivity index (χ2v) is 7.03. The van der Waals surface area contributed by atoms with E-state index in [0.29, 0.717) is 9.23 Å². The van der Waals surface area contributed by atoms with E-state index in [-0.39, 0.29) is 37.7 Å².